The predicted molar refractivity (Wildman–Crippen MR) is 110 cm³/mol. The first kappa shape index (κ1) is 17.9. The summed E-state index contributed by atoms with van der Waals surface area (Å²) in [6.07, 6.45) is 2.41. The Morgan fingerprint density at radius 2 is 2.10 bits per heavy atom. The predicted octanol–water partition coefficient (Wildman–Crippen LogP) is 1.18. The van der Waals surface area contributed by atoms with Crippen LogP contribution < -0.4 is 20.3 Å². The second-order valence-electron chi connectivity index (χ2n) is 7.62. The van der Waals surface area contributed by atoms with Crippen LogP contribution in [-0.4, -0.2) is 59.3 Å². The van der Waals surface area contributed by atoms with E-state index in [0.717, 1.165) is 49.6 Å². The maximum absolute atomic E-state index is 12.7. The zero-order chi connectivity index (χ0) is 19.8. The van der Waals surface area contributed by atoms with Crippen LogP contribution in [0.4, 0.5) is 5.69 Å². The van der Waals surface area contributed by atoms with Crippen LogP contribution in [-0.2, 0) is 6.42 Å². The standard InChI is InChI=1S/C21H24N6O2/c1-14-2-5-20-24-18(12-27(20)25-14)21(28)23-16-10-15-3-4-17(11-19(15)29-13-16)26-8-6-22-7-9-26/h2-5,11-12,16,22H,6-10,13H2,1H3,(H,23,28)/t16-/m1/s1. The summed E-state index contributed by atoms with van der Waals surface area (Å²) in [7, 11) is 0. The first-order valence-corrected chi connectivity index (χ1v) is 10.0. The monoisotopic (exact) mass is 392 g/mol. The fourth-order valence-corrected chi connectivity index (χ4v) is 3.92. The molecule has 1 atom stereocenters. The van der Waals surface area contributed by atoms with Gasteiger partial charge in [0.2, 0.25) is 0 Å². The lowest BCUT2D eigenvalue weighted by atomic mass is 10.0. The second kappa shape index (κ2) is 7.36. The molecular weight excluding hydrogens is 368 g/mol. The SMILES string of the molecule is Cc1ccc2nc(C(=O)N[C@H]3COc4cc(N5CCNCC5)ccc4C3)cn2n1. The first-order valence-electron chi connectivity index (χ1n) is 10.0. The molecule has 2 aromatic heterocycles. The molecule has 150 valence electrons. The number of hydrogen-bond donors (Lipinski definition) is 2. The summed E-state index contributed by atoms with van der Waals surface area (Å²) >= 11 is 0. The van der Waals surface area contributed by atoms with Crippen molar-refractivity contribution in [2.45, 2.75) is 19.4 Å². The minimum atomic E-state index is -0.206. The van der Waals surface area contributed by atoms with E-state index in [1.54, 1.807) is 10.7 Å². The number of amides is 1. The van der Waals surface area contributed by atoms with Gasteiger partial charge < -0.3 is 20.3 Å². The van der Waals surface area contributed by atoms with Gasteiger partial charge in [0.15, 0.2) is 5.65 Å². The van der Waals surface area contributed by atoms with Crippen molar-refractivity contribution in [2.75, 3.05) is 37.7 Å². The van der Waals surface area contributed by atoms with E-state index in [1.807, 2.05) is 19.1 Å². The number of nitrogens with zero attached hydrogens (tertiary/aromatic N) is 4. The molecule has 0 radical (unpaired) electrons. The van der Waals surface area contributed by atoms with Crippen LogP contribution in [0.2, 0.25) is 0 Å². The molecule has 0 bridgehead atoms. The number of nitrogens with one attached hydrogen (secondary N) is 2. The fourth-order valence-electron chi connectivity index (χ4n) is 3.92. The van der Waals surface area contributed by atoms with Gasteiger partial charge in [0.05, 0.1) is 17.9 Å². The number of hydrogen-bond acceptors (Lipinski definition) is 6. The number of benzene rings is 1. The highest BCUT2D eigenvalue weighted by Crippen LogP contribution is 2.30. The number of ether oxygens (including phenoxy) is 1. The number of piperazine rings is 1. The maximum Gasteiger partial charge on any atom is 0.271 e. The van der Waals surface area contributed by atoms with Crippen LogP contribution >= 0.6 is 0 Å². The van der Waals surface area contributed by atoms with Crippen molar-refractivity contribution in [1.29, 1.82) is 0 Å². The van der Waals surface area contributed by atoms with E-state index in [1.165, 1.54) is 5.69 Å². The molecule has 1 fully saturated rings. The third kappa shape index (κ3) is 3.63. The number of carbonyl (C=O) groups is 1. The molecular formula is C21H24N6O2. The Bertz CT molecular complexity index is 1060. The van der Waals surface area contributed by atoms with E-state index in [4.69, 9.17) is 4.74 Å². The van der Waals surface area contributed by atoms with Crippen LogP contribution in [0, 0.1) is 6.92 Å². The third-order valence-corrected chi connectivity index (χ3v) is 5.46. The number of fused-ring (bicyclic) bond motifs is 2. The van der Waals surface area contributed by atoms with Crippen LogP contribution in [0.3, 0.4) is 0 Å². The van der Waals surface area contributed by atoms with E-state index in [-0.39, 0.29) is 11.9 Å². The quantitative estimate of drug-likeness (QED) is 0.697. The molecule has 1 amide bonds. The number of carbonyl (C=O) groups excluding carboxylic acids is 1. The third-order valence-electron chi connectivity index (χ3n) is 5.46. The van der Waals surface area contributed by atoms with Crippen molar-refractivity contribution >= 4 is 17.2 Å². The molecule has 0 saturated carbocycles. The van der Waals surface area contributed by atoms with Crippen molar-refractivity contribution < 1.29 is 9.53 Å². The molecule has 0 aliphatic carbocycles. The molecule has 0 spiro atoms. The molecule has 1 saturated heterocycles. The largest absolute Gasteiger partial charge is 0.491 e. The molecule has 3 aromatic rings. The van der Waals surface area contributed by atoms with Gasteiger partial charge in [-0.25, -0.2) is 9.50 Å². The summed E-state index contributed by atoms with van der Waals surface area (Å²) in [6, 6.07) is 10.0. The van der Waals surface area contributed by atoms with Gasteiger partial charge in [-0.15, -0.1) is 0 Å². The van der Waals surface area contributed by atoms with Gasteiger partial charge in [0, 0.05) is 37.9 Å². The molecule has 5 rings (SSSR count). The highest BCUT2D eigenvalue weighted by molar-refractivity contribution is 5.93. The lowest BCUT2D eigenvalue weighted by molar-refractivity contribution is 0.0911. The van der Waals surface area contributed by atoms with Gasteiger partial charge >= 0.3 is 0 Å². The molecule has 2 aliphatic rings. The Hall–Kier alpha value is -3.13. The summed E-state index contributed by atoms with van der Waals surface area (Å²) in [6.45, 7) is 6.38. The molecule has 2 N–H and O–H groups in total. The smallest absolute Gasteiger partial charge is 0.271 e. The maximum atomic E-state index is 12.7. The van der Waals surface area contributed by atoms with Crippen molar-refractivity contribution in [2.24, 2.45) is 0 Å². The number of aromatic nitrogens is 3. The van der Waals surface area contributed by atoms with E-state index in [2.05, 4.69) is 43.8 Å². The lowest BCUT2D eigenvalue weighted by Gasteiger charge is -2.31. The van der Waals surface area contributed by atoms with Crippen molar-refractivity contribution in [3.63, 3.8) is 0 Å². The van der Waals surface area contributed by atoms with E-state index in [0.29, 0.717) is 17.9 Å². The Labute approximate surface area is 168 Å². The van der Waals surface area contributed by atoms with Crippen LogP contribution in [0.5, 0.6) is 5.75 Å². The van der Waals surface area contributed by atoms with Gasteiger partial charge in [-0.05, 0) is 37.1 Å². The molecule has 1 aromatic carbocycles. The van der Waals surface area contributed by atoms with Crippen molar-refractivity contribution in [3.8, 4) is 5.75 Å². The zero-order valence-electron chi connectivity index (χ0n) is 16.4. The fraction of sp³-hybridized carbons (Fsp3) is 0.381. The summed E-state index contributed by atoms with van der Waals surface area (Å²) in [5.74, 6) is 0.710. The number of imidazole rings is 1. The average Bonchev–Trinajstić information content (AvgIpc) is 3.17. The minimum Gasteiger partial charge on any atom is -0.491 e. The van der Waals surface area contributed by atoms with Gasteiger partial charge in [0.1, 0.15) is 18.1 Å². The summed E-state index contributed by atoms with van der Waals surface area (Å²) < 4.78 is 7.62. The average molecular weight is 392 g/mol. The van der Waals surface area contributed by atoms with Gasteiger partial charge in [-0.3, -0.25) is 4.79 Å². The van der Waals surface area contributed by atoms with E-state index < -0.39 is 0 Å². The minimum absolute atomic E-state index is 0.0838. The van der Waals surface area contributed by atoms with Gasteiger partial charge in [-0.1, -0.05) is 6.07 Å². The Balaban J connectivity index is 1.27. The first-order chi connectivity index (χ1) is 14.2. The number of aryl methyl sites for hydroxylation is 1. The van der Waals surface area contributed by atoms with Gasteiger partial charge in [0.25, 0.3) is 5.91 Å². The molecule has 2 aliphatic heterocycles. The van der Waals surface area contributed by atoms with E-state index >= 15 is 0 Å². The normalized spacial score (nSPS) is 18.9. The van der Waals surface area contributed by atoms with Crippen LogP contribution in [0.1, 0.15) is 21.7 Å². The molecule has 29 heavy (non-hydrogen) atoms. The summed E-state index contributed by atoms with van der Waals surface area (Å²) in [5, 5.41) is 10.8. The highest BCUT2D eigenvalue weighted by atomic mass is 16.5. The van der Waals surface area contributed by atoms with Crippen molar-refractivity contribution in [1.82, 2.24) is 25.2 Å². The Morgan fingerprint density at radius 3 is 2.97 bits per heavy atom. The highest BCUT2D eigenvalue weighted by Gasteiger charge is 2.24. The molecule has 0 unspecified atom stereocenters. The van der Waals surface area contributed by atoms with Crippen LogP contribution in [0.15, 0.2) is 36.5 Å². The summed E-state index contributed by atoms with van der Waals surface area (Å²) in [5.41, 5.74) is 4.21. The molecule has 8 nitrogen and oxygen atoms in total. The second-order valence-corrected chi connectivity index (χ2v) is 7.62. The topological polar surface area (TPSA) is 83.8 Å². The van der Waals surface area contributed by atoms with Crippen molar-refractivity contribution in [3.05, 3.63) is 53.5 Å². The molecule has 8 heteroatoms. The number of rotatable bonds is 3. The zero-order valence-corrected chi connectivity index (χ0v) is 16.4. The van der Waals surface area contributed by atoms with Crippen LogP contribution in [0.25, 0.3) is 5.65 Å². The number of anilines is 1. The Kier molecular flexibility index (Phi) is 4.55. The summed E-state index contributed by atoms with van der Waals surface area (Å²) in [4.78, 5) is 19.4. The lowest BCUT2D eigenvalue weighted by Crippen LogP contribution is -2.44. The molecule has 4 heterocycles. The van der Waals surface area contributed by atoms with E-state index in [9.17, 15) is 4.79 Å². The Morgan fingerprint density at radius 1 is 1.24 bits per heavy atom. The van der Waals surface area contributed by atoms with Gasteiger partial charge in [-0.2, -0.15) is 5.10 Å².